The van der Waals surface area contributed by atoms with E-state index in [1.54, 1.807) is 0 Å². The topological polar surface area (TPSA) is 44.4 Å². The summed E-state index contributed by atoms with van der Waals surface area (Å²) in [7, 11) is 0. The predicted octanol–water partition coefficient (Wildman–Crippen LogP) is 0.196. The van der Waals surface area contributed by atoms with E-state index < -0.39 is 0 Å². The Labute approximate surface area is 92.4 Å². The van der Waals surface area contributed by atoms with Crippen molar-refractivity contribution in [1.82, 2.24) is 15.5 Å². The Morgan fingerprint density at radius 2 is 2.20 bits per heavy atom. The number of hydrogen-bond donors (Lipinski definition) is 2. The average molecular weight is 213 g/mol. The van der Waals surface area contributed by atoms with Gasteiger partial charge in [0.15, 0.2) is 0 Å². The summed E-state index contributed by atoms with van der Waals surface area (Å²) in [5.41, 5.74) is 0. The summed E-state index contributed by atoms with van der Waals surface area (Å²) >= 11 is 0. The molecule has 0 aromatic carbocycles. The molecule has 0 aromatic heterocycles. The van der Waals surface area contributed by atoms with Gasteiger partial charge in [-0.1, -0.05) is 13.8 Å². The van der Waals surface area contributed by atoms with E-state index in [0.717, 1.165) is 45.6 Å². The van der Waals surface area contributed by atoms with Crippen molar-refractivity contribution >= 4 is 5.91 Å². The van der Waals surface area contributed by atoms with E-state index in [2.05, 4.69) is 29.4 Å². The summed E-state index contributed by atoms with van der Waals surface area (Å²) < 4.78 is 0. The Bertz CT molecular complexity index is 186. The maximum atomic E-state index is 11.6. The second kappa shape index (κ2) is 6.80. The van der Waals surface area contributed by atoms with Crippen LogP contribution >= 0.6 is 0 Å². The molecule has 0 unspecified atom stereocenters. The van der Waals surface area contributed by atoms with E-state index in [0.29, 0.717) is 0 Å². The lowest BCUT2D eigenvalue weighted by Gasteiger charge is -2.18. The summed E-state index contributed by atoms with van der Waals surface area (Å²) in [6.07, 6.45) is 2.10. The normalized spacial score (nSPS) is 20.9. The van der Waals surface area contributed by atoms with Gasteiger partial charge in [0.05, 0.1) is 6.04 Å². The molecule has 1 aliphatic heterocycles. The Hall–Kier alpha value is -0.610. The van der Waals surface area contributed by atoms with Gasteiger partial charge in [0.25, 0.3) is 0 Å². The van der Waals surface area contributed by atoms with Gasteiger partial charge in [-0.05, 0) is 32.5 Å². The van der Waals surface area contributed by atoms with Gasteiger partial charge in [-0.25, -0.2) is 0 Å². The van der Waals surface area contributed by atoms with Crippen LogP contribution in [0.1, 0.15) is 26.7 Å². The van der Waals surface area contributed by atoms with Gasteiger partial charge < -0.3 is 15.5 Å². The summed E-state index contributed by atoms with van der Waals surface area (Å²) in [6.45, 7) is 9.08. The van der Waals surface area contributed by atoms with E-state index in [-0.39, 0.29) is 11.9 Å². The van der Waals surface area contributed by atoms with Crippen LogP contribution in [-0.2, 0) is 4.79 Å². The number of hydrogen-bond acceptors (Lipinski definition) is 3. The second-order valence-corrected chi connectivity index (χ2v) is 3.97. The molecule has 0 saturated carbocycles. The number of carbonyl (C=O) groups is 1. The van der Waals surface area contributed by atoms with E-state index in [1.165, 1.54) is 0 Å². The number of amides is 1. The van der Waals surface area contributed by atoms with Gasteiger partial charge in [0.1, 0.15) is 0 Å². The van der Waals surface area contributed by atoms with Crippen molar-refractivity contribution < 1.29 is 4.79 Å². The smallest absolute Gasteiger partial charge is 0.237 e. The standard InChI is InChI=1S/C11H23N3O/c1-3-14(4-2)9-8-13-11(15)10-6-5-7-12-10/h10,12H,3-9H2,1-2H3,(H,13,15)/t10-/m0/s1. The van der Waals surface area contributed by atoms with Crippen LogP contribution in [0.2, 0.25) is 0 Å². The van der Waals surface area contributed by atoms with Gasteiger partial charge in [-0.2, -0.15) is 0 Å². The molecular formula is C11H23N3O. The number of nitrogens with zero attached hydrogens (tertiary/aromatic N) is 1. The minimum Gasteiger partial charge on any atom is -0.353 e. The highest BCUT2D eigenvalue weighted by Crippen LogP contribution is 2.04. The quantitative estimate of drug-likeness (QED) is 0.662. The fraction of sp³-hybridized carbons (Fsp3) is 0.909. The molecule has 1 saturated heterocycles. The van der Waals surface area contributed by atoms with Crippen molar-refractivity contribution in [2.45, 2.75) is 32.7 Å². The molecule has 1 fully saturated rings. The average Bonchev–Trinajstić information content (AvgIpc) is 2.77. The molecule has 1 atom stereocenters. The van der Waals surface area contributed by atoms with Crippen LogP contribution in [0.5, 0.6) is 0 Å². The van der Waals surface area contributed by atoms with Gasteiger partial charge in [0.2, 0.25) is 5.91 Å². The third-order valence-electron chi connectivity index (χ3n) is 3.00. The lowest BCUT2D eigenvalue weighted by atomic mass is 10.2. The Morgan fingerprint density at radius 1 is 1.47 bits per heavy atom. The van der Waals surface area contributed by atoms with E-state index in [9.17, 15) is 4.79 Å². The molecule has 0 radical (unpaired) electrons. The number of rotatable bonds is 6. The van der Waals surface area contributed by atoms with E-state index >= 15 is 0 Å². The van der Waals surface area contributed by atoms with E-state index in [1.807, 2.05) is 0 Å². The molecular weight excluding hydrogens is 190 g/mol. The van der Waals surface area contributed by atoms with Gasteiger partial charge in [-0.3, -0.25) is 4.79 Å². The first-order valence-electron chi connectivity index (χ1n) is 6.01. The minimum absolute atomic E-state index is 0.0571. The third-order valence-corrected chi connectivity index (χ3v) is 3.00. The molecule has 0 aliphatic carbocycles. The highest BCUT2D eigenvalue weighted by atomic mass is 16.2. The monoisotopic (exact) mass is 213 g/mol. The summed E-state index contributed by atoms with van der Waals surface area (Å²) in [5, 5.41) is 6.18. The van der Waals surface area contributed by atoms with Crippen LogP contribution in [0.3, 0.4) is 0 Å². The van der Waals surface area contributed by atoms with Crippen molar-refractivity contribution in [3.63, 3.8) is 0 Å². The SMILES string of the molecule is CCN(CC)CCNC(=O)[C@@H]1CCCN1. The maximum Gasteiger partial charge on any atom is 0.237 e. The van der Waals surface area contributed by atoms with Crippen LogP contribution in [0.15, 0.2) is 0 Å². The maximum absolute atomic E-state index is 11.6. The molecule has 1 rings (SSSR count). The first kappa shape index (κ1) is 12.5. The van der Waals surface area contributed by atoms with Gasteiger partial charge in [-0.15, -0.1) is 0 Å². The zero-order chi connectivity index (χ0) is 11.1. The van der Waals surface area contributed by atoms with Gasteiger partial charge >= 0.3 is 0 Å². The third kappa shape index (κ3) is 4.18. The van der Waals surface area contributed by atoms with Crippen LogP contribution in [-0.4, -0.2) is 49.6 Å². The van der Waals surface area contributed by atoms with Crippen molar-refractivity contribution in [1.29, 1.82) is 0 Å². The Kier molecular flexibility index (Phi) is 5.65. The van der Waals surface area contributed by atoms with Crippen molar-refractivity contribution in [3.8, 4) is 0 Å². The second-order valence-electron chi connectivity index (χ2n) is 3.97. The molecule has 4 nitrogen and oxygen atoms in total. The molecule has 1 amide bonds. The molecule has 1 heterocycles. The largest absolute Gasteiger partial charge is 0.353 e. The van der Waals surface area contributed by atoms with Gasteiger partial charge in [0, 0.05) is 13.1 Å². The lowest BCUT2D eigenvalue weighted by molar-refractivity contribution is -0.122. The number of nitrogens with one attached hydrogen (secondary N) is 2. The zero-order valence-electron chi connectivity index (χ0n) is 9.88. The molecule has 15 heavy (non-hydrogen) atoms. The summed E-state index contributed by atoms with van der Waals surface area (Å²) in [6, 6.07) is 0.0571. The van der Waals surface area contributed by atoms with Crippen LogP contribution in [0, 0.1) is 0 Å². The molecule has 0 bridgehead atoms. The number of likely N-dealkylation sites (N-methyl/N-ethyl adjacent to an activating group) is 1. The Balaban J connectivity index is 2.10. The summed E-state index contributed by atoms with van der Waals surface area (Å²) in [5.74, 6) is 0.166. The number of carbonyl (C=O) groups excluding carboxylic acids is 1. The highest BCUT2D eigenvalue weighted by molar-refractivity contribution is 5.81. The molecule has 2 N–H and O–H groups in total. The minimum atomic E-state index is 0.0571. The predicted molar refractivity (Wildman–Crippen MR) is 61.8 cm³/mol. The fourth-order valence-corrected chi connectivity index (χ4v) is 1.91. The Morgan fingerprint density at radius 3 is 2.73 bits per heavy atom. The van der Waals surface area contributed by atoms with Crippen molar-refractivity contribution in [3.05, 3.63) is 0 Å². The van der Waals surface area contributed by atoms with Crippen LogP contribution in [0.4, 0.5) is 0 Å². The molecule has 1 aliphatic rings. The molecule has 88 valence electrons. The van der Waals surface area contributed by atoms with Crippen LogP contribution in [0.25, 0.3) is 0 Å². The van der Waals surface area contributed by atoms with E-state index in [4.69, 9.17) is 0 Å². The highest BCUT2D eigenvalue weighted by Gasteiger charge is 2.21. The molecule has 0 aromatic rings. The first-order valence-corrected chi connectivity index (χ1v) is 6.01. The lowest BCUT2D eigenvalue weighted by Crippen LogP contribution is -2.43. The van der Waals surface area contributed by atoms with Crippen molar-refractivity contribution in [2.24, 2.45) is 0 Å². The molecule has 4 heteroatoms. The molecule has 0 spiro atoms. The van der Waals surface area contributed by atoms with Crippen molar-refractivity contribution in [2.75, 3.05) is 32.7 Å². The summed E-state index contributed by atoms with van der Waals surface area (Å²) in [4.78, 5) is 13.9. The van der Waals surface area contributed by atoms with Crippen LogP contribution < -0.4 is 10.6 Å². The zero-order valence-corrected chi connectivity index (χ0v) is 9.88. The first-order chi connectivity index (χ1) is 7.27. The fourth-order valence-electron chi connectivity index (χ4n) is 1.91.